The average molecular weight is 190 g/mol. The Hall–Kier alpha value is -0.130. The van der Waals surface area contributed by atoms with Gasteiger partial charge in [0.25, 0.3) is 0 Å². The minimum atomic E-state index is -3.29. The van der Waals surface area contributed by atoms with Crippen molar-refractivity contribution in [2.75, 3.05) is 5.75 Å². The second-order valence-electron chi connectivity index (χ2n) is 3.87. The van der Waals surface area contributed by atoms with Gasteiger partial charge in [0.2, 0.25) is 10.0 Å². The van der Waals surface area contributed by atoms with E-state index in [9.17, 15) is 8.42 Å². The van der Waals surface area contributed by atoms with Crippen LogP contribution in [0.3, 0.4) is 0 Å². The highest BCUT2D eigenvalue weighted by Crippen LogP contribution is 2.35. The molecule has 0 aromatic carbocycles. The first-order valence-electron chi connectivity index (χ1n) is 4.31. The van der Waals surface area contributed by atoms with Crippen LogP contribution in [0.25, 0.3) is 0 Å². The van der Waals surface area contributed by atoms with Crippen LogP contribution in [0.4, 0.5) is 0 Å². The Kier molecular flexibility index (Phi) is 1.89. The summed E-state index contributed by atoms with van der Waals surface area (Å²) >= 11 is 0. The zero-order valence-electron chi connectivity index (χ0n) is 6.86. The summed E-state index contributed by atoms with van der Waals surface area (Å²) in [6.45, 7) is 0. The maximum Gasteiger partial charge on any atom is 0.210 e. The van der Waals surface area contributed by atoms with Crippen molar-refractivity contribution in [2.45, 2.75) is 31.3 Å². The van der Waals surface area contributed by atoms with Crippen molar-refractivity contribution in [1.82, 2.24) is 5.32 Å². The van der Waals surface area contributed by atoms with E-state index in [-0.39, 0.29) is 11.8 Å². The molecule has 1 saturated carbocycles. The van der Waals surface area contributed by atoms with E-state index in [1.807, 2.05) is 0 Å². The molecule has 3 atom stereocenters. The molecule has 2 aliphatic rings. The first-order chi connectivity index (χ1) is 5.54. The number of hydrogen-bond donors (Lipinski definition) is 2. The Balaban J connectivity index is 2.00. The van der Waals surface area contributed by atoms with Crippen LogP contribution in [-0.2, 0) is 10.0 Å². The predicted octanol–water partition coefficient (Wildman–Crippen LogP) is -0.585. The van der Waals surface area contributed by atoms with Gasteiger partial charge in [0, 0.05) is 12.1 Å². The van der Waals surface area contributed by atoms with Gasteiger partial charge in [0.15, 0.2) is 0 Å². The van der Waals surface area contributed by atoms with Crippen LogP contribution in [0.5, 0.6) is 0 Å². The van der Waals surface area contributed by atoms with Gasteiger partial charge in [-0.3, -0.25) is 0 Å². The Morgan fingerprint density at radius 3 is 2.58 bits per heavy atom. The number of piperidine rings is 1. The Morgan fingerprint density at radius 2 is 2.17 bits per heavy atom. The molecule has 4 nitrogen and oxygen atoms in total. The third-order valence-electron chi connectivity index (χ3n) is 2.90. The van der Waals surface area contributed by atoms with E-state index in [4.69, 9.17) is 5.14 Å². The minimum absolute atomic E-state index is 0.105. The van der Waals surface area contributed by atoms with Crippen LogP contribution in [0, 0.1) is 5.92 Å². The quantitative estimate of drug-likeness (QED) is 0.611. The van der Waals surface area contributed by atoms with Crippen LogP contribution in [0.2, 0.25) is 0 Å². The molecule has 2 fully saturated rings. The van der Waals surface area contributed by atoms with Crippen molar-refractivity contribution < 1.29 is 8.42 Å². The molecular weight excluding hydrogens is 176 g/mol. The lowest BCUT2D eigenvalue weighted by Gasteiger charge is -2.21. The average Bonchev–Trinajstić information content (AvgIpc) is 2.42. The van der Waals surface area contributed by atoms with Gasteiger partial charge < -0.3 is 5.32 Å². The zero-order valence-corrected chi connectivity index (χ0v) is 7.68. The number of hydrogen-bond acceptors (Lipinski definition) is 3. The third-order valence-corrected chi connectivity index (χ3v) is 3.73. The van der Waals surface area contributed by atoms with E-state index >= 15 is 0 Å². The van der Waals surface area contributed by atoms with Gasteiger partial charge in [-0.25, -0.2) is 13.6 Å². The smallest absolute Gasteiger partial charge is 0.210 e. The molecule has 70 valence electrons. The van der Waals surface area contributed by atoms with Crippen molar-refractivity contribution in [3.05, 3.63) is 0 Å². The molecule has 1 saturated heterocycles. The van der Waals surface area contributed by atoms with Gasteiger partial charge in [-0.05, 0) is 25.2 Å². The first kappa shape index (κ1) is 8.47. The molecule has 0 spiro atoms. The first-order valence-corrected chi connectivity index (χ1v) is 6.03. The molecule has 1 heterocycles. The summed E-state index contributed by atoms with van der Waals surface area (Å²) in [5.74, 6) is 0.655. The fraction of sp³-hybridized carbons (Fsp3) is 1.00. The van der Waals surface area contributed by atoms with Crippen LogP contribution in [0.15, 0.2) is 0 Å². The number of nitrogens with one attached hydrogen (secondary N) is 1. The zero-order chi connectivity index (χ0) is 8.77. The molecule has 2 rings (SSSR count). The lowest BCUT2D eigenvalue weighted by molar-refractivity contribution is 0.405. The molecule has 0 unspecified atom stereocenters. The SMILES string of the molecule is NS(=O)(=O)C[C@H]1N[C@@H]2CC[C@H]1C2. The number of fused-ring (bicyclic) bond motifs is 2. The summed E-state index contributed by atoms with van der Waals surface area (Å²) in [4.78, 5) is 0. The fourth-order valence-electron chi connectivity index (χ4n) is 2.41. The maximum absolute atomic E-state index is 10.8. The predicted molar refractivity (Wildman–Crippen MR) is 46.0 cm³/mol. The summed E-state index contributed by atoms with van der Waals surface area (Å²) in [6.07, 6.45) is 3.50. The van der Waals surface area contributed by atoms with Crippen molar-refractivity contribution in [2.24, 2.45) is 11.1 Å². The van der Waals surface area contributed by atoms with Crippen LogP contribution in [0.1, 0.15) is 19.3 Å². The topological polar surface area (TPSA) is 72.2 Å². The minimum Gasteiger partial charge on any atom is -0.310 e. The van der Waals surface area contributed by atoms with Crippen molar-refractivity contribution in [1.29, 1.82) is 0 Å². The van der Waals surface area contributed by atoms with Gasteiger partial charge in [-0.2, -0.15) is 0 Å². The van der Waals surface area contributed by atoms with Crippen molar-refractivity contribution >= 4 is 10.0 Å². The molecule has 0 radical (unpaired) electrons. The van der Waals surface area contributed by atoms with Gasteiger partial charge in [0.1, 0.15) is 0 Å². The second kappa shape index (κ2) is 2.68. The molecule has 3 N–H and O–H groups in total. The van der Waals surface area contributed by atoms with E-state index < -0.39 is 10.0 Å². The van der Waals surface area contributed by atoms with Gasteiger partial charge in [-0.15, -0.1) is 0 Å². The summed E-state index contributed by atoms with van der Waals surface area (Å²) in [6, 6.07) is 0.681. The van der Waals surface area contributed by atoms with E-state index in [1.54, 1.807) is 0 Å². The van der Waals surface area contributed by atoms with E-state index in [0.717, 1.165) is 12.8 Å². The number of primary sulfonamides is 1. The molecule has 12 heavy (non-hydrogen) atoms. The Morgan fingerprint density at radius 1 is 1.42 bits per heavy atom. The summed E-state index contributed by atoms with van der Waals surface area (Å²) in [5, 5.41) is 8.27. The van der Waals surface area contributed by atoms with Crippen molar-refractivity contribution in [3.8, 4) is 0 Å². The highest BCUT2D eigenvalue weighted by molar-refractivity contribution is 7.89. The largest absolute Gasteiger partial charge is 0.310 e. The van der Waals surface area contributed by atoms with Gasteiger partial charge in [-0.1, -0.05) is 0 Å². The molecule has 2 bridgehead atoms. The normalized spacial score (nSPS) is 40.6. The van der Waals surface area contributed by atoms with Crippen molar-refractivity contribution in [3.63, 3.8) is 0 Å². The molecule has 1 aliphatic carbocycles. The number of nitrogens with two attached hydrogens (primary N) is 1. The maximum atomic E-state index is 10.8. The third kappa shape index (κ3) is 1.62. The molecule has 1 aliphatic heterocycles. The van der Waals surface area contributed by atoms with Gasteiger partial charge >= 0.3 is 0 Å². The van der Waals surface area contributed by atoms with Crippen LogP contribution >= 0.6 is 0 Å². The Bertz CT molecular complexity index is 275. The summed E-state index contributed by atoms with van der Waals surface area (Å²) < 4.78 is 21.6. The lowest BCUT2D eigenvalue weighted by Crippen LogP contribution is -2.42. The van der Waals surface area contributed by atoms with Gasteiger partial charge in [0.05, 0.1) is 5.75 Å². The van der Waals surface area contributed by atoms with Crippen LogP contribution in [-0.4, -0.2) is 26.3 Å². The highest BCUT2D eigenvalue weighted by Gasteiger charge is 2.40. The molecule has 5 heteroatoms. The second-order valence-corrected chi connectivity index (χ2v) is 5.53. The summed E-state index contributed by atoms with van der Waals surface area (Å²) in [7, 11) is -3.29. The van der Waals surface area contributed by atoms with Crippen LogP contribution < -0.4 is 10.5 Å². The lowest BCUT2D eigenvalue weighted by atomic mass is 10.0. The fourth-order valence-corrected chi connectivity index (χ4v) is 3.28. The monoisotopic (exact) mass is 190 g/mol. The number of rotatable bonds is 2. The number of sulfonamides is 1. The molecule has 0 aromatic heterocycles. The van der Waals surface area contributed by atoms with E-state index in [0.29, 0.717) is 12.0 Å². The van der Waals surface area contributed by atoms with E-state index in [2.05, 4.69) is 5.32 Å². The molecular formula is C7H14N2O2S. The Labute approximate surface area is 72.6 Å². The van der Waals surface area contributed by atoms with E-state index in [1.165, 1.54) is 6.42 Å². The molecule has 0 amide bonds. The standard InChI is InChI=1S/C7H14N2O2S/c8-12(10,11)4-7-5-1-2-6(3-5)9-7/h5-7,9H,1-4H2,(H2,8,10,11)/t5-,6+,7+/m0/s1. The highest BCUT2D eigenvalue weighted by atomic mass is 32.2. The molecule has 0 aromatic rings. The summed E-state index contributed by atoms with van der Waals surface area (Å²) in [5.41, 5.74) is 0.